The molecule has 188 valence electrons. The third kappa shape index (κ3) is 8.66. The fourth-order valence-corrected chi connectivity index (χ4v) is 4.56. The van der Waals surface area contributed by atoms with Crippen LogP contribution < -0.4 is 10.6 Å². The number of hydrogen-bond donors (Lipinski definition) is 3. The predicted octanol–water partition coefficient (Wildman–Crippen LogP) is 3.29. The Morgan fingerprint density at radius 2 is 1.33 bits per heavy atom. The Morgan fingerprint density at radius 3 is 1.92 bits per heavy atom. The summed E-state index contributed by atoms with van der Waals surface area (Å²) in [6, 6.07) is 24.5. The van der Waals surface area contributed by atoms with Crippen molar-refractivity contribution < 1.29 is 28.4 Å². The van der Waals surface area contributed by atoms with Crippen molar-refractivity contribution >= 4 is 28.8 Å². The highest BCUT2D eigenvalue weighted by molar-refractivity contribution is 7.85. The minimum absolute atomic E-state index is 0.0232. The van der Waals surface area contributed by atoms with Crippen LogP contribution in [0.15, 0.2) is 95.9 Å². The Kier molecular flexibility index (Phi) is 10.2. The molecule has 8 nitrogen and oxygen atoms in total. The van der Waals surface area contributed by atoms with Crippen LogP contribution in [0.25, 0.3) is 0 Å². The molecule has 0 saturated carbocycles. The monoisotopic (exact) mass is 508 g/mol. The summed E-state index contributed by atoms with van der Waals surface area (Å²) in [5.74, 6) is -1.87. The van der Waals surface area contributed by atoms with Gasteiger partial charge in [-0.3, -0.25) is 9.00 Å². The Hall–Kier alpha value is -3.98. The third-order valence-corrected chi connectivity index (χ3v) is 6.72. The quantitative estimate of drug-likeness (QED) is 0.345. The van der Waals surface area contributed by atoms with Crippen molar-refractivity contribution in [3.63, 3.8) is 0 Å². The number of benzene rings is 3. The van der Waals surface area contributed by atoms with Crippen LogP contribution in [-0.4, -0.2) is 45.1 Å². The van der Waals surface area contributed by atoms with Crippen LogP contribution in [0.5, 0.6) is 0 Å². The molecule has 36 heavy (non-hydrogen) atoms. The average Bonchev–Trinajstić information content (AvgIpc) is 2.90. The van der Waals surface area contributed by atoms with Gasteiger partial charge in [0.1, 0.15) is 18.7 Å². The molecule has 0 radical (unpaired) electrons. The Labute approximate surface area is 212 Å². The van der Waals surface area contributed by atoms with E-state index in [4.69, 9.17) is 4.74 Å². The molecular weight excluding hydrogens is 480 g/mol. The second kappa shape index (κ2) is 13.8. The average molecular weight is 509 g/mol. The van der Waals surface area contributed by atoms with Crippen LogP contribution >= 0.6 is 0 Å². The fraction of sp³-hybridized carbons (Fsp3) is 0.222. The van der Waals surface area contributed by atoms with Gasteiger partial charge in [-0.1, -0.05) is 78.9 Å². The molecule has 3 aromatic carbocycles. The van der Waals surface area contributed by atoms with E-state index in [0.717, 1.165) is 11.1 Å². The first-order valence-electron chi connectivity index (χ1n) is 11.4. The molecule has 0 bridgehead atoms. The van der Waals surface area contributed by atoms with Crippen molar-refractivity contribution in [1.82, 2.24) is 10.6 Å². The highest BCUT2D eigenvalue weighted by Crippen LogP contribution is 2.10. The number of ether oxygens (including phenoxy) is 1. The Balaban J connectivity index is 1.64. The Morgan fingerprint density at radius 1 is 0.778 bits per heavy atom. The number of nitrogens with one attached hydrogen (secondary N) is 2. The lowest BCUT2D eigenvalue weighted by molar-refractivity contribution is -0.142. The number of alkyl carbamates (subject to hydrolysis) is 1. The predicted molar refractivity (Wildman–Crippen MR) is 136 cm³/mol. The van der Waals surface area contributed by atoms with Crippen molar-refractivity contribution in [2.75, 3.05) is 5.75 Å². The van der Waals surface area contributed by atoms with Gasteiger partial charge in [0.25, 0.3) is 0 Å². The summed E-state index contributed by atoms with van der Waals surface area (Å²) < 4.78 is 17.7. The number of carboxylic acids is 1. The Bertz CT molecular complexity index is 1160. The highest BCUT2D eigenvalue weighted by Gasteiger charge is 2.27. The molecule has 0 saturated heterocycles. The molecule has 0 unspecified atom stereocenters. The lowest BCUT2D eigenvalue weighted by Crippen LogP contribution is -2.52. The molecule has 0 heterocycles. The van der Waals surface area contributed by atoms with Crippen molar-refractivity contribution in [1.29, 1.82) is 0 Å². The summed E-state index contributed by atoms with van der Waals surface area (Å²) in [5.41, 5.74) is 1.56. The fourth-order valence-electron chi connectivity index (χ4n) is 3.41. The van der Waals surface area contributed by atoms with Gasteiger partial charge in [-0.2, -0.15) is 0 Å². The highest BCUT2D eigenvalue weighted by atomic mass is 32.2. The van der Waals surface area contributed by atoms with Gasteiger partial charge >= 0.3 is 12.1 Å². The minimum Gasteiger partial charge on any atom is -0.480 e. The smallest absolute Gasteiger partial charge is 0.408 e. The van der Waals surface area contributed by atoms with Gasteiger partial charge < -0.3 is 20.5 Å². The van der Waals surface area contributed by atoms with Crippen LogP contribution in [0.3, 0.4) is 0 Å². The molecule has 0 aliphatic heterocycles. The van der Waals surface area contributed by atoms with E-state index < -0.39 is 40.9 Å². The number of aliphatic carboxylic acids is 1. The van der Waals surface area contributed by atoms with E-state index in [0.29, 0.717) is 4.90 Å². The van der Waals surface area contributed by atoms with E-state index in [2.05, 4.69) is 10.6 Å². The normalized spacial score (nSPS) is 13.1. The molecule has 3 aromatic rings. The lowest BCUT2D eigenvalue weighted by atomic mass is 10.0. The van der Waals surface area contributed by atoms with E-state index >= 15 is 0 Å². The van der Waals surface area contributed by atoms with Gasteiger partial charge in [0.15, 0.2) is 0 Å². The molecule has 3 N–H and O–H groups in total. The SMILES string of the molecule is O=C(N[C@@H](Cc1ccccc1)C(=O)N[C@@H](CC[S@](=O)c1ccccc1)C(=O)O)OCc1ccccc1. The molecule has 0 aliphatic carbocycles. The summed E-state index contributed by atoms with van der Waals surface area (Å²) in [6.45, 7) is 0.0232. The second-order valence-corrected chi connectivity index (χ2v) is 9.57. The van der Waals surface area contributed by atoms with Crippen LogP contribution in [0, 0.1) is 0 Å². The van der Waals surface area contributed by atoms with Crippen LogP contribution in [0.2, 0.25) is 0 Å². The first-order chi connectivity index (χ1) is 17.4. The molecule has 0 aromatic heterocycles. The van der Waals surface area contributed by atoms with Crippen LogP contribution in [0.1, 0.15) is 17.5 Å². The number of carboxylic acid groups (broad SMARTS) is 1. The maximum Gasteiger partial charge on any atom is 0.408 e. The molecule has 3 atom stereocenters. The van der Waals surface area contributed by atoms with Crippen molar-refractivity contribution in [3.8, 4) is 0 Å². The topological polar surface area (TPSA) is 122 Å². The van der Waals surface area contributed by atoms with Crippen molar-refractivity contribution in [3.05, 3.63) is 102 Å². The number of rotatable bonds is 12. The number of carbonyl (C=O) groups is 3. The summed E-state index contributed by atoms with van der Waals surface area (Å²) in [6.07, 6.45) is -0.707. The molecule has 0 spiro atoms. The first kappa shape index (κ1) is 26.6. The largest absolute Gasteiger partial charge is 0.480 e. The van der Waals surface area contributed by atoms with E-state index in [1.807, 2.05) is 24.3 Å². The van der Waals surface area contributed by atoms with Crippen LogP contribution in [-0.2, 0) is 38.2 Å². The third-order valence-electron chi connectivity index (χ3n) is 5.32. The van der Waals surface area contributed by atoms with Gasteiger partial charge in [0.05, 0.1) is 10.8 Å². The maximum absolute atomic E-state index is 13.1. The van der Waals surface area contributed by atoms with E-state index in [-0.39, 0.29) is 25.2 Å². The summed E-state index contributed by atoms with van der Waals surface area (Å²) >= 11 is 0. The summed E-state index contributed by atoms with van der Waals surface area (Å²) in [5, 5.41) is 14.7. The van der Waals surface area contributed by atoms with E-state index in [9.17, 15) is 23.7 Å². The summed E-state index contributed by atoms with van der Waals surface area (Å²) in [7, 11) is -1.41. The summed E-state index contributed by atoms with van der Waals surface area (Å²) in [4.78, 5) is 37.9. The van der Waals surface area contributed by atoms with E-state index in [1.54, 1.807) is 66.7 Å². The van der Waals surface area contributed by atoms with Gasteiger partial charge in [-0.15, -0.1) is 0 Å². The zero-order valence-electron chi connectivity index (χ0n) is 19.5. The number of hydrogen-bond acceptors (Lipinski definition) is 5. The zero-order chi connectivity index (χ0) is 25.8. The van der Waals surface area contributed by atoms with Crippen molar-refractivity contribution in [2.45, 2.75) is 36.4 Å². The molecule has 3 rings (SSSR count). The van der Waals surface area contributed by atoms with Crippen molar-refractivity contribution in [2.24, 2.45) is 0 Å². The van der Waals surface area contributed by atoms with Crippen LogP contribution in [0.4, 0.5) is 4.79 Å². The molecule has 9 heteroatoms. The molecule has 0 aliphatic rings. The number of carbonyl (C=O) groups excluding carboxylic acids is 2. The maximum atomic E-state index is 13.1. The van der Waals surface area contributed by atoms with Gasteiger partial charge in [0.2, 0.25) is 5.91 Å². The van der Waals surface area contributed by atoms with Gasteiger partial charge in [0, 0.05) is 17.1 Å². The first-order valence-corrected chi connectivity index (χ1v) is 12.7. The molecule has 2 amide bonds. The van der Waals surface area contributed by atoms with Gasteiger partial charge in [-0.05, 0) is 29.7 Å². The molecular formula is C27H28N2O6S. The number of amides is 2. The second-order valence-electron chi connectivity index (χ2n) is 8.00. The zero-order valence-corrected chi connectivity index (χ0v) is 20.4. The standard InChI is InChI=1S/C27H28N2O6S/c30-25(28-23(26(31)32)16-17-36(34)22-14-8-3-9-15-22)24(18-20-10-4-1-5-11-20)29-27(33)35-19-21-12-6-2-7-13-21/h1-15,23-24H,16-19H2,(H,28,30)(H,29,33)(H,31,32)/t23-,24-,36-/m0/s1. The lowest BCUT2D eigenvalue weighted by Gasteiger charge is -2.21. The van der Waals surface area contributed by atoms with E-state index in [1.165, 1.54) is 0 Å². The minimum atomic E-state index is -1.41. The molecule has 0 fully saturated rings. The van der Waals surface area contributed by atoms with Gasteiger partial charge in [-0.25, -0.2) is 9.59 Å².